The van der Waals surface area contributed by atoms with Gasteiger partial charge in [-0.05, 0) is 29.8 Å². The Kier molecular flexibility index (Phi) is 3.54. The molecule has 106 valence electrons. The molecule has 0 N–H and O–H groups in total. The third-order valence-electron chi connectivity index (χ3n) is 3.15. The van der Waals surface area contributed by atoms with Crippen LogP contribution in [-0.4, -0.2) is 10.7 Å². The van der Waals surface area contributed by atoms with E-state index < -0.39 is 5.97 Å². The minimum atomic E-state index is -1.28. The molecule has 21 heavy (non-hydrogen) atoms. The number of benzene rings is 2. The van der Waals surface area contributed by atoms with Crippen LogP contribution in [0.4, 0.5) is 0 Å². The number of carbonyl (C=O) groups is 1. The summed E-state index contributed by atoms with van der Waals surface area (Å²) < 4.78 is 1.29. The number of para-hydroxylation sites is 1. The molecule has 0 saturated carbocycles. The van der Waals surface area contributed by atoms with E-state index in [-0.39, 0.29) is 12.3 Å². The van der Waals surface area contributed by atoms with Crippen molar-refractivity contribution in [3.05, 3.63) is 70.9 Å². The van der Waals surface area contributed by atoms with Gasteiger partial charge in [-0.1, -0.05) is 41.9 Å². The molecule has 0 radical (unpaired) electrons. The van der Waals surface area contributed by atoms with Gasteiger partial charge in [-0.3, -0.25) is 0 Å². The first kappa shape index (κ1) is 13.5. The highest BCUT2D eigenvalue weighted by molar-refractivity contribution is 6.30. The van der Waals surface area contributed by atoms with E-state index in [1.54, 1.807) is 18.2 Å². The van der Waals surface area contributed by atoms with E-state index in [9.17, 15) is 9.90 Å². The number of rotatable bonds is 4. The van der Waals surface area contributed by atoms with Gasteiger partial charge < -0.3 is 14.7 Å². The summed E-state index contributed by atoms with van der Waals surface area (Å²) in [5, 5.41) is 12.6. The predicted octanol–water partition coefficient (Wildman–Crippen LogP) is 2.29. The molecule has 0 unspecified atom stereocenters. The molecule has 0 fully saturated rings. The molecule has 5 heteroatoms. The van der Waals surface area contributed by atoms with Gasteiger partial charge in [0, 0.05) is 10.4 Å². The summed E-state index contributed by atoms with van der Waals surface area (Å²) in [7, 11) is 0. The lowest BCUT2D eigenvalue weighted by Crippen LogP contribution is -2.27. The van der Waals surface area contributed by atoms with Crippen molar-refractivity contribution in [2.24, 2.45) is 0 Å². The molecular formula is C16H11ClNO3-. The zero-order valence-corrected chi connectivity index (χ0v) is 11.7. The molecule has 3 aromatic rings. The summed E-state index contributed by atoms with van der Waals surface area (Å²) in [6.07, 6.45) is 0. The van der Waals surface area contributed by atoms with Crippen molar-refractivity contribution >= 4 is 28.5 Å². The summed E-state index contributed by atoms with van der Waals surface area (Å²) in [6, 6.07) is 16.0. The number of hydrogen-bond donors (Lipinski definition) is 0. The summed E-state index contributed by atoms with van der Waals surface area (Å²) in [5.74, 6) is -1.28. The number of aromatic carboxylic acids is 1. The Morgan fingerprint density at radius 1 is 1.14 bits per heavy atom. The van der Waals surface area contributed by atoms with Gasteiger partial charge in [0.15, 0.2) is 0 Å². The molecule has 0 bridgehead atoms. The number of carboxylic acid groups (broad SMARTS) is 1. The number of aromatic nitrogens is 1. The van der Waals surface area contributed by atoms with Crippen molar-refractivity contribution in [1.82, 2.24) is 4.73 Å². The number of hydrogen-bond acceptors (Lipinski definition) is 3. The standard InChI is InChI=1S/C16H12ClNO3/c17-13-7-5-11(6-8-13)10-21-18-14-4-2-1-3-12(14)9-15(18)16(19)20/h1-9H,10H2,(H,19,20)/p-1. The second kappa shape index (κ2) is 5.50. The first-order valence-corrected chi connectivity index (χ1v) is 6.72. The molecular weight excluding hydrogens is 290 g/mol. The predicted molar refractivity (Wildman–Crippen MR) is 78.0 cm³/mol. The normalized spacial score (nSPS) is 10.7. The van der Waals surface area contributed by atoms with Crippen LogP contribution in [0.3, 0.4) is 0 Å². The number of fused-ring (bicyclic) bond motifs is 1. The van der Waals surface area contributed by atoms with Crippen molar-refractivity contribution < 1.29 is 14.7 Å². The first-order chi connectivity index (χ1) is 10.1. The Labute approximate surface area is 126 Å². The van der Waals surface area contributed by atoms with Crippen LogP contribution >= 0.6 is 11.6 Å². The van der Waals surface area contributed by atoms with Gasteiger partial charge in [0.25, 0.3) is 0 Å². The average molecular weight is 301 g/mol. The summed E-state index contributed by atoms with van der Waals surface area (Å²) >= 11 is 5.82. The van der Waals surface area contributed by atoms with Crippen LogP contribution in [0.1, 0.15) is 16.1 Å². The highest BCUT2D eigenvalue weighted by Gasteiger charge is 2.10. The van der Waals surface area contributed by atoms with Gasteiger partial charge in [0.1, 0.15) is 12.3 Å². The van der Waals surface area contributed by atoms with Gasteiger partial charge in [-0.25, -0.2) is 0 Å². The van der Waals surface area contributed by atoms with E-state index in [1.165, 1.54) is 10.8 Å². The van der Waals surface area contributed by atoms with E-state index >= 15 is 0 Å². The zero-order chi connectivity index (χ0) is 14.8. The van der Waals surface area contributed by atoms with E-state index in [0.717, 1.165) is 10.9 Å². The average Bonchev–Trinajstić information content (AvgIpc) is 2.86. The van der Waals surface area contributed by atoms with E-state index in [0.29, 0.717) is 10.5 Å². The third kappa shape index (κ3) is 2.71. The van der Waals surface area contributed by atoms with Crippen LogP contribution in [0, 0.1) is 0 Å². The van der Waals surface area contributed by atoms with Gasteiger partial charge in [-0.2, -0.15) is 4.73 Å². The molecule has 0 aliphatic heterocycles. The molecule has 0 amide bonds. The lowest BCUT2D eigenvalue weighted by molar-refractivity contribution is -0.256. The van der Waals surface area contributed by atoms with Crippen LogP contribution < -0.4 is 9.94 Å². The Balaban J connectivity index is 1.93. The van der Waals surface area contributed by atoms with Crippen molar-refractivity contribution in [1.29, 1.82) is 0 Å². The van der Waals surface area contributed by atoms with E-state index in [1.807, 2.05) is 30.3 Å². The molecule has 2 aromatic carbocycles. The highest BCUT2D eigenvalue weighted by Crippen LogP contribution is 2.19. The molecule has 0 aliphatic rings. The Bertz CT molecular complexity index is 793. The lowest BCUT2D eigenvalue weighted by Gasteiger charge is -2.13. The van der Waals surface area contributed by atoms with Gasteiger partial charge in [0.05, 0.1) is 11.5 Å². The van der Waals surface area contributed by atoms with E-state index in [2.05, 4.69) is 0 Å². The number of halogens is 1. The van der Waals surface area contributed by atoms with Crippen molar-refractivity contribution in [2.75, 3.05) is 0 Å². The fraction of sp³-hybridized carbons (Fsp3) is 0.0625. The Morgan fingerprint density at radius 2 is 1.86 bits per heavy atom. The fourth-order valence-corrected chi connectivity index (χ4v) is 2.26. The maximum Gasteiger partial charge on any atom is 0.140 e. The molecule has 0 spiro atoms. The number of carbonyl (C=O) groups excluding carboxylic acids is 1. The molecule has 0 saturated heterocycles. The van der Waals surface area contributed by atoms with Crippen LogP contribution in [0.15, 0.2) is 54.6 Å². The third-order valence-corrected chi connectivity index (χ3v) is 3.40. The molecule has 0 aliphatic carbocycles. The van der Waals surface area contributed by atoms with Crippen LogP contribution in [0.5, 0.6) is 0 Å². The van der Waals surface area contributed by atoms with Crippen molar-refractivity contribution in [3.63, 3.8) is 0 Å². The molecule has 4 nitrogen and oxygen atoms in total. The Morgan fingerprint density at radius 3 is 2.57 bits per heavy atom. The fourth-order valence-electron chi connectivity index (χ4n) is 2.13. The highest BCUT2D eigenvalue weighted by atomic mass is 35.5. The van der Waals surface area contributed by atoms with Crippen LogP contribution in [0.25, 0.3) is 10.9 Å². The van der Waals surface area contributed by atoms with E-state index in [4.69, 9.17) is 16.4 Å². The second-order valence-electron chi connectivity index (χ2n) is 4.57. The second-order valence-corrected chi connectivity index (χ2v) is 5.01. The van der Waals surface area contributed by atoms with Gasteiger partial charge in [0.2, 0.25) is 0 Å². The molecule has 1 heterocycles. The van der Waals surface area contributed by atoms with Crippen molar-refractivity contribution in [2.45, 2.75) is 6.61 Å². The Hall–Kier alpha value is -2.46. The maximum atomic E-state index is 11.2. The monoisotopic (exact) mass is 300 g/mol. The molecule has 1 aromatic heterocycles. The zero-order valence-electron chi connectivity index (χ0n) is 11.0. The molecule has 3 rings (SSSR count). The summed E-state index contributed by atoms with van der Waals surface area (Å²) in [4.78, 5) is 16.8. The number of carboxylic acids is 1. The lowest BCUT2D eigenvalue weighted by atomic mass is 10.2. The summed E-state index contributed by atoms with van der Waals surface area (Å²) in [5.41, 5.74) is 1.57. The van der Waals surface area contributed by atoms with Crippen LogP contribution in [0.2, 0.25) is 5.02 Å². The SMILES string of the molecule is O=C([O-])c1cc2ccccc2n1OCc1ccc(Cl)cc1. The van der Waals surface area contributed by atoms with Gasteiger partial charge in [-0.15, -0.1) is 0 Å². The topological polar surface area (TPSA) is 54.3 Å². The largest absolute Gasteiger partial charge is 0.543 e. The van der Waals surface area contributed by atoms with Crippen molar-refractivity contribution in [3.8, 4) is 0 Å². The number of nitrogens with zero attached hydrogens (tertiary/aromatic N) is 1. The maximum absolute atomic E-state index is 11.2. The smallest absolute Gasteiger partial charge is 0.140 e. The first-order valence-electron chi connectivity index (χ1n) is 6.35. The summed E-state index contributed by atoms with van der Waals surface area (Å²) in [6.45, 7) is 0.232. The minimum absolute atomic E-state index is 0.00911. The minimum Gasteiger partial charge on any atom is -0.543 e. The quantitative estimate of drug-likeness (QED) is 0.743. The van der Waals surface area contributed by atoms with Gasteiger partial charge >= 0.3 is 0 Å². The van der Waals surface area contributed by atoms with Crippen LogP contribution in [-0.2, 0) is 6.61 Å². The molecule has 0 atom stereocenters.